The number of allylic oxidation sites excluding steroid dienone is 8. The summed E-state index contributed by atoms with van der Waals surface area (Å²) < 4.78 is 2.41. The molecule has 0 saturated heterocycles. The summed E-state index contributed by atoms with van der Waals surface area (Å²) in [5.41, 5.74) is 11.3. The zero-order chi connectivity index (χ0) is 38.0. The van der Waals surface area contributed by atoms with Crippen molar-refractivity contribution in [2.24, 2.45) is 11.3 Å². The smallest absolute Gasteiger partial charge is 0.210 e. The summed E-state index contributed by atoms with van der Waals surface area (Å²) in [6, 6.07) is 26.9. The van der Waals surface area contributed by atoms with Gasteiger partial charge in [0.1, 0.15) is 7.05 Å². The van der Waals surface area contributed by atoms with E-state index in [0.29, 0.717) is 5.92 Å². The van der Waals surface area contributed by atoms with Gasteiger partial charge in [0.15, 0.2) is 5.71 Å². The van der Waals surface area contributed by atoms with Crippen LogP contribution in [-0.4, -0.2) is 29.7 Å². The first kappa shape index (κ1) is 39.5. The van der Waals surface area contributed by atoms with E-state index in [4.69, 9.17) is 0 Å². The van der Waals surface area contributed by atoms with Crippen LogP contribution in [0, 0.1) is 11.3 Å². The number of hydrogen-bond acceptors (Lipinski definition) is 1. The molecular weight excluding hydrogens is 696 g/mol. The van der Waals surface area contributed by atoms with E-state index in [1.807, 2.05) is 19.7 Å². The van der Waals surface area contributed by atoms with Gasteiger partial charge in [-0.05, 0) is 107 Å². The maximum Gasteiger partial charge on any atom is 0.210 e. The summed E-state index contributed by atoms with van der Waals surface area (Å²) in [6.07, 6.45) is 15.5. The molecule has 3 aliphatic rings. The minimum atomic E-state index is -0.0842. The van der Waals surface area contributed by atoms with E-state index in [2.05, 4.69) is 191 Å². The van der Waals surface area contributed by atoms with Gasteiger partial charge < -0.3 is 4.90 Å². The van der Waals surface area contributed by atoms with Gasteiger partial charge in [-0.15, -0.1) is 0 Å². The molecule has 0 N–H and O–H groups in total. The molecule has 4 aromatic carbocycles. The number of anilines is 1. The topological polar surface area (TPSA) is 6.25 Å². The van der Waals surface area contributed by atoms with Gasteiger partial charge in [0.05, 0.1) is 5.41 Å². The largest absolute Gasteiger partial charge is 0.344 e. The van der Waals surface area contributed by atoms with Crippen LogP contribution in [0.2, 0.25) is 0 Å². The van der Waals surface area contributed by atoms with Gasteiger partial charge in [0.25, 0.3) is 0 Å². The Kier molecular flexibility index (Phi) is 12.0. The summed E-state index contributed by atoms with van der Waals surface area (Å²) >= 11 is 2.94. The maximum absolute atomic E-state index is 2.94. The van der Waals surface area contributed by atoms with E-state index in [1.54, 1.807) is 0 Å². The molecule has 274 valence electrons. The average molecular weight is 759 g/mol. The van der Waals surface area contributed by atoms with E-state index >= 15 is 0 Å². The van der Waals surface area contributed by atoms with Crippen molar-refractivity contribution in [2.45, 2.75) is 99.3 Å². The maximum atomic E-state index is 2.94. The van der Waals surface area contributed by atoms with E-state index in [9.17, 15) is 0 Å². The van der Waals surface area contributed by atoms with Crippen molar-refractivity contribution in [1.82, 2.24) is 0 Å². The van der Waals surface area contributed by atoms with E-state index in [-0.39, 0.29) is 16.2 Å². The summed E-state index contributed by atoms with van der Waals surface area (Å²) in [5.74, 6) is 2.39. The molecule has 0 saturated carbocycles. The van der Waals surface area contributed by atoms with Crippen LogP contribution in [0.15, 0.2) is 120 Å². The molecule has 4 aromatic rings. The Morgan fingerprint density at radius 3 is 1.98 bits per heavy atom. The van der Waals surface area contributed by atoms with Gasteiger partial charge >= 0.3 is 0 Å². The molecule has 0 radical (unpaired) electrons. The number of alkyl halides is 1. The molecule has 2 aliphatic heterocycles. The molecule has 7 rings (SSSR count). The minimum Gasteiger partial charge on any atom is -0.344 e. The molecule has 1 unspecified atom stereocenters. The molecule has 1 aliphatic carbocycles. The average Bonchev–Trinajstić information content (AvgIpc) is 3.48. The van der Waals surface area contributed by atoms with E-state index in [0.717, 1.165) is 25.8 Å². The van der Waals surface area contributed by atoms with Crippen LogP contribution in [-0.2, 0) is 10.8 Å². The number of fused-ring (bicyclic) bond motifs is 6. The molecule has 0 aromatic heterocycles. The lowest BCUT2D eigenvalue weighted by Gasteiger charge is -2.34. The molecule has 0 bridgehead atoms. The summed E-state index contributed by atoms with van der Waals surface area (Å²) in [7, 11) is 2.24. The fourth-order valence-electron chi connectivity index (χ4n) is 8.91. The molecule has 1 atom stereocenters. The second kappa shape index (κ2) is 15.7. The molecular formula is C49H62BrN2+. The lowest BCUT2D eigenvalue weighted by atomic mass is 9.70. The predicted octanol–water partition coefficient (Wildman–Crippen LogP) is 14.0. The molecule has 0 spiro atoms. The predicted molar refractivity (Wildman–Crippen MR) is 234 cm³/mol. The summed E-state index contributed by atoms with van der Waals surface area (Å²) in [5, 5.41) is 5.38. The van der Waals surface area contributed by atoms with E-state index < -0.39 is 0 Å². The molecule has 2 nitrogen and oxygen atoms in total. The SMILES string of the molecule is CBr.CC.CCCN1/C(=C/C=C2C=C(/C=C/C3=[N+](C)c4ccc5ccccc5c4C3(C)C)CC(C(C)(C)C)C/2)C(C)(C)c2c1ccc1ccccc21. The number of halogens is 1. The molecule has 3 heteroatoms. The Morgan fingerprint density at radius 2 is 1.37 bits per heavy atom. The first-order chi connectivity index (χ1) is 24.8. The van der Waals surface area contributed by atoms with Crippen molar-refractivity contribution in [2.75, 3.05) is 24.3 Å². The van der Waals surface area contributed by atoms with Crippen LogP contribution in [0.1, 0.15) is 99.6 Å². The first-order valence-corrected chi connectivity index (χ1v) is 21.0. The minimum absolute atomic E-state index is 0.0819. The Balaban J connectivity index is 0.00000126. The first-order valence-electron chi connectivity index (χ1n) is 19.4. The molecule has 52 heavy (non-hydrogen) atoms. The molecule has 0 amide bonds. The van der Waals surface area contributed by atoms with Gasteiger partial charge in [0, 0.05) is 41.1 Å². The number of hydrogen-bond donors (Lipinski definition) is 0. The van der Waals surface area contributed by atoms with Crippen molar-refractivity contribution < 1.29 is 4.58 Å². The van der Waals surface area contributed by atoms with Gasteiger partial charge in [-0.25, -0.2) is 0 Å². The normalized spacial score (nSPS) is 20.5. The van der Waals surface area contributed by atoms with E-state index in [1.165, 1.54) is 66.6 Å². The van der Waals surface area contributed by atoms with Crippen LogP contribution in [0.25, 0.3) is 21.5 Å². The van der Waals surface area contributed by atoms with Crippen molar-refractivity contribution in [3.05, 3.63) is 131 Å². The van der Waals surface area contributed by atoms with Crippen LogP contribution in [0.5, 0.6) is 0 Å². The molecule has 2 heterocycles. The highest BCUT2D eigenvalue weighted by molar-refractivity contribution is 9.08. The Bertz CT molecular complexity index is 2090. The van der Waals surface area contributed by atoms with Crippen molar-refractivity contribution >= 4 is 54.6 Å². The Hall–Kier alpha value is -3.69. The second-order valence-electron chi connectivity index (χ2n) is 16.5. The number of rotatable bonds is 5. The van der Waals surface area contributed by atoms with Crippen LogP contribution >= 0.6 is 15.9 Å². The highest BCUT2D eigenvalue weighted by Crippen LogP contribution is 2.51. The number of benzene rings is 4. The monoisotopic (exact) mass is 757 g/mol. The van der Waals surface area contributed by atoms with Crippen LogP contribution in [0.4, 0.5) is 11.4 Å². The van der Waals surface area contributed by atoms with Crippen molar-refractivity contribution in [1.29, 1.82) is 0 Å². The van der Waals surface area contributed by atoms with Crippen LogP contribution < -0.4 is 4.90 Å². The van der Waals surface area contributed by atoms with Crippen molar-refractivity contribution in [3.8, 4) is 0 Å². The summed E-state index contributed by atoms with van der Waals surface area (Å²) in [4.78, 5) is 2.59. The van der Waals surface area contributed by atoms with Crippen molar-refractivity contribution in [3.63, 3.8) is 0 Å². The fourth-order valence-corrected chi connectivity index (χ4v) is 8.91. The van der Waals surface area contributed by atoms with Crippen LogP contribution in [0.3, 0.4) is 0 Å². The third-order valence-electron chi connectivity index (χ3n) is 11.6. The van der Waals surface area contributed by atoms with Gasteiger partial charge in [-0.1, -0.05) is 144 Å². The fraction of sp³-hybridized carbons (Fsp3) is 0.408. The number of nitrogens with zero attached hydrogens (tertiary/aromatic N) is 2. The zero-order valence-electron chi connectivity index (χ0n) is 34.0. The second-order valence-corrected chi connectivity index (χ2v) is 16.5. The highest BCUT2D eigenvalue weighted by Gasteiger charge is 2.44. The zero-order valence-corrected chi connectivity index (χ0v) is 35.6. The third kappa shape index (κ3) is 7.15. The van der Waals surface area contributed by atoms with Gasteiger partial charge in [0.2, 0.25) is 5.69 Å². The Labute approximate surface area is 323 Å². The molecule has 0 fully saturated rings. The lowest BCUT2D eigenvalue weighted by molar-refractivity contribution is -0.401. The quantitative estimate of drug-likeness (QED) is 0.145. The summed E-state index contributed by atoms with van der Waals surface area (Å²) in [6.45, 7) is 24.2. The third-order valence-corrected chi connectivity index (χ3v) is 11.6. The Morgan fingerprint density at radius 1 is 0.769 bits per heavy atom. The highest BCUT2D eigenvalue weighted by atomic mass is 79.9. The standard InChI is InChI=1S/C46H53N2.C2H6.CH3Br/c1-10-27-48-39-24-22-34-16-12-14-18-37(34)43(39)46(7,8)41(48)26-20-32-28-31(29-35(30-32)44(2,3)4)19-25-40-45(5,6)42-36-17-13-11-15-33(36)21-23-38(42)47(40)9;2*1-2/h11-26,28,35H,10,27,29-30H2,1-9H3;1-2H3;1H3/q+1;;. The van der Waals surface area contributed by atoms with Gasteiger partial charge in [-0.2, -0.15) is 4.58 Å². The van der Waals surface area contributed by atoms with Gasteiger partial charge in [-0.3, -0.25) is 0 Å². The lowest BCUT2D eigenvalue weighted by Crippen LogP contribution is -2.27.